The molecule has 5 rings (SSSR count). The summed E-state index contributed by atoms with van der Waals surface area (Å²) < 4.78 is 2.09. The molecule has 1 aliphatic rings. The molecule has 4 aromatic rings. The van der Waals surface area contributed by atoms with Gasteiger partial charge in [0.2, 0.25) is 0 Å². The molecule has 0 unspecified atom stereocenters. The van der Waals surface area contributed by atoms with Crippen LogP contribution in [0.1, 0.15) is 44.2 Å². The van der Waals surface area contributed by atoms with E-state index in [4.69, 9.17) is 0 Å². The monoisotopic (exact) mass is 512 g/mol. The Hall–Kier alpha value is -1.85. The molecule has 0 aliphatic heterocycles. The minimum atomic E-state index is -0.378. The van der Waals surface area contributed by atoms with Crippen LogP contribution in [-0.4, -0.2) is 15.8 Å². The number of ketones is 1. The Balaban J connectivity index is 1.86. The first-order chi connectivity index (χ1) is 13.8. The molecule has 0 spiro atoms. The van der Waals surface area contributed by atoms with Gasteiger partial charge >= 0.3 is 0 Å². The predicted octanol–water partition coefficient (Wildman–Crippen LogP) is 7.24. The third-order valence-electron chi connectivity index (χ3n) is 6.27. The summed E-state index contributed by atoms with van der Waals surface area (Å²) in [6.07, 6.45) is 6.30. The molecule has 2 heterocycles. The van der Waals surface area contributed by atoms with Crippen molar-refractivity contribution in [1.29, 1.82) is 0 Å². The Bertz CT molecular complexity index is 1180. The van der Waals surface area contributed by atoms with E-state index in [-0.39, 0.29) is 10.8 Å². The Labute approximate surface area is 186 Å². The molecule has 1 fully saturated rings. The zero-order valence-electron chi connectivity index (χ0n) is 16.4. The lowest BCUT2D eigenvalue weighted by Gasteiger charge is -2.44. The van der Waals surface area contributed by atoms with Gasteiger partial charge in [-0.05, 0) is 59.4 Å². The topological polar surface area (TPSA) is 48.6 Å². The maximum absolute atomic E-state index is 13.1. The fourth-order valence-corrected chi connectivity index (χ4v) is 6.10. The van der Waals surface area contributed by atoms with Crippen molar-refractivity contribution < 1.29 is 4.79 Å². The third kappa shape index (κ3) is 3.10. The largest absolute Gasteiger partial charge is 0.361 e. The van der Waals surface area contributed by atoms with Crippen molar-refractivity contribution in [2.75, 3.05) is 0 Å². The molecule has 3 nitrogen and oxygen atoms in total. The molecule has 29 heavy (non-hydrogen) atoms. The number of nitrogens with one attached hydrogen (secondary N) is 2. The molecule has 0 atom stereocenters. The summed E-state index contributed by atoms with van der Waals surface area (Å²) in [6, 6.07) is 12.6. The maximum Gasteiger partial charge on any atom is 0.134 e. The molecule has 0 radical (unpaired) electrons. The van der Waals surface area contributed by atoms with Gasteiger partial charge in [0.25, 0.3) is 0 Å². The van der Waals surface area contributed by atoms with E-state index in [9.17, 15) is 4.79 Å². The average molecular weight is 514 g/mol. The van der Waals surface area contributed by atoms with Gasteiger partial charge in [0.1, 0.15) is 5.78 Å². The minimum absolute atomic E-state index is 0.0689. The Kier molecular flexibility index (Phi) is 4.34. The molecule has 2 aromatic heterocycles. The van der Waals surface area contributed by atoms with Crippen LogP contribution in [0.5, 0.6) is 0 Å². The summed E-state index contributed by atoms with van der Waals surface area (Å²) in [5.41, 5.74) is 4.16. The molecule has 1 aliphatic carbocycles. The van der Waals surface area contributed by atoms with Gasteiger partial charge in [-0.3, -0.25) is 4.79 Å². The van der Waals surface area contributed by atoms with Gasteiger partial charge in [-0.2, -0.15) is 0 Å². The summed E-state index contributed by atoms with van der Waals surface area (Å²) in [4.78, 5) is 20.0. The predicted molar refractivity (Wildman–Crippen MR) is 125 cm³/mol. The summed E-state index contributed by atoms with van der Waals surface area (Å²) in [5.74, 6) is 0.329. The summed E-state index contributed by atoms with van der Waals surface area (Å²) in [5, 5.41) is 2.35. The highest BCUT2D eigenvalue weighted by molar-refractivity contribution is 9.10. The van der Waals surface area contributed by atoms with Crippen LogP contribution in [-0.2, 0) is 10.2 Å². The first kappa shape index (κ1) is 19.1. The zero-order chi connectivity index (χ0) is 20.4. The Morgan fingerprint density at radius 3 is 1.83 bits per heavy atom. The molecule has 5 heteroatoms. The lowest BCUT2D eigenvalue weighted by atomic mass is 9.57. The second kappa shape index (κ2) is 6.58. The van der Waals surface area contributed by atoms with E-state index >= 15 is 0 Å². The van der Waals surface area contributed by atoms with Crippen LogP contribution in [0.2, 0.25) is 0 Å². The van der Waals surface area contributed by atoms with E-state index in [1.54, 1.807) is 0 Å². The number of carbonyl (C=O) groups is 1. The number of H-pyrrole nitrogens is 2. The summed E-state index contributed by atoms with van der Waals surface area (Å²) in [7, 11) is 0. The normalized spacial score (nSPS) is 18.6. The molecular weight excluding hydrogens is 492 g/mol. The molecule has 0 saturated heterocycles. The maximum atomic E-state index is 13.1. The van der Waals surface area contributed by atoms with Gasteiger partial charge < -0.3 is 9.97 Å². The molecular formula is C24H22Br2N2O. The SMILES string of the molecule is CC1(C)CC(=O)CC(c2c[nH]c3ccc(Br)cc23)(c2c[nH]c3ccc(Br)cc23)C1. The van der Waals surface area contributed by atoms with Gasteiger partial charge in [0.15, 0.2) is 0 Å². The van der Waals surface area contributed by atoms with Crippen molar-refractivity contribution in [3.8, 4) is 0 Å². The van der Waals surface area contributed by atoms with E-state index in [0.717, 1.165) is 26.4 Å². The van der Waals surface area contributed by atoms with Crippen molar-refractivity contribution in [1.82, 2.24) is 9.97 Å². The fourth-order valence-electron chi connectivity index (χ4n) is 5.38. The average Bonchev–Trinajstić information content (AvgIpc) is 3.23. The highest BCUT2D eigenvalue weighted by atomic mass is 79.9. The van der Waals surface area contributed by atoms with Gasteiger partial charge in [0, 0.05) is 61.4 Å². The van der Waals surface area contributed by atoms with Crippen LogP contribution in [0.25, 0.3) is 21.8 Å². The lowest BCUT2D eigenvalue weighted by molar-refractivity contribution is -0.124. The van der Waals surface area contributed by atoms with Crippen molar-refractivity contribution >= 4 is 59.4 Å². The van der Waals surface area contributed by atoms with Crippen LogP contribution >= 0.6 is 31.9 Å². The summed E-state index contributed by atoms with van der Waals surface area (Å²) in [6.45, 7) is 4.43. The molecule has 2 N–H and O–H groups in total. The third-order valence-corrected chi connectivity index (χ3v) is 7.26. The quantitative estimate of drug-likeness (QED) is 0.291. The van der Waals surface area contributed by atoms with Gasteiger partial charge in [-0.25, -0.2) is 0 Å². The first-order valence-electron chi connectivity index (χ1n) is 9.83. The van der Waals surface area contributed by atoms with Gasteiger partial charge in [-0.1, -0.05) is 45.7 Å². The van der Waals surface area contributed by atoms with E-state index in [1.807, 2.05) is 12.1 Å². The molecule has 0 amide bonds. The highest BCUT2D eigenvalue weighted by Crippen LogP contribution is 2.53. The molecule has 1 saturated carbocycles. The van der Waals surface area contributed by atoms with Crippen molar-refractivity contribution in [2.45, 2.75) is 38.5 Å². The number of fused-ring (bicyclic) bond motifs is 2. The van der Waals surface area contributed by atoms with Crippen LogP contribution in [0.4, 0.5) is 0 Å². The number of hydrogen-bond acceptors (Lipinski definition) is 1. The molecule has 0 bridgehead atoms. The van der Waals surface area contributed by atoms with Crippen LogP contribution in [0, 0.1) is 5.41 Å². The van der Waals surface area contributed by atoms with E-state index in [2.05, 4.69) is 92.3 Å². The Morgan fingerprint density at radius 1 is 0.828 bits per heavy atom. The number of hydrogen-bond donors (Lipinski definition) is 2. The van der Waals surface area contributed by atoms with Crippen molar-refractivity contribution in [2.24, 2.45) is 5.41 Å². The number of halogens is 2. The van der Waals surface area contributed by atoms with E-state index in [0.29, 0.717) is 18.6 Å². The van der Waals surface area contributed by atoms with E-state index in [1.165, 1.54) is 21.9 Å². The standard InChI is InChI=1S/C24H22Br2N2O/c1-23(2)9-16(29)10-24(13-23,19-11-27-21-5-3-14(25)7-17(19)21)20-12-28-22-6-4-15(26)8-18(20)22/h3-8,11-12,27-28H,9-10,13H2,1-2H3. The first-order valence-corrected chi connectivity index (χ1v) is 11.4. The Morgan fingerprint density at radius 2 is 1.34 bits per heavy atom. The highest BCUT2D eigenvalue weighted by Gasteiger charge is 2.48. The van der Waals surface area contributed by atoms with Gasteiger partial charge in [0.05, 0.1) is 0 Å². The number of carbonyl (C=O) groups excluding carboxylic acids is 1. The van der Waals surface area contributed by atoms with Crippen molar-refractivity contribution in [3.05, 3.63) is 68.9 Å². The zero-order valence-corrected chi connectivity index (χ0v) is 19.6. The van der Waals surface area contributed by atoms with Gasteiger partial charge in [-0.15, -0.1) is 0 Å². The van der Waals surface area contributed by atoms with Crippen molar-refractivity contribution in [3.63, 3.8) is 0 Å². The number of aromatic nitrogens is 2. The molecule has 148 valence electrons. The smallest absolute Gasteiger partial charge is 0.134 e. The minimum Gasteiger partial charge on any atom is -0.361 e. The number of Topliss-reactive ketones (excluding diaryl/α,β-unsaturated/α-hetero) is 1. The molecule has 2 aromatic carbocycles. The number of aromatic amines is 2. The number of rotatable bonds is 2. The van der Waals surface area contributed by atoms with Crippen LogP contribution < -0.4 is 0 Å². The van der Waals surface area contributed by atoms with E-state index < -0.39 is 0 Å². The second-order valence-corrected chi connectivity index (χ2v) is 10.9. The van der Waals surface area contributed by atoms with Crippen LogP contribution in [0.3, 0.4) is 0 Å². The number of benzene rings is 2. The second-order valence-electron chi connectivity index (χ2n) is 9.10. The lowest BCUT2D eigenvalue weighted by Crippen LogP contribution is -2.41. The summed E-state index contributed by atoms with van der Waals surface area (Å²) >= 11 is 7.26. The fraction of sp³-hybridized carbons (Fsp3) is 0.292. The van der Waals surface area contributed by atoms with Crippen LogP contribution in [0.15, 0.2) is 57.7 Å².